The third kappa shape index (κ3) is 3.46. The monoisotopic (exact) mass is 279 g/mol. The van der Waals surface area contributed by atoms with Crippen LogP contribution in [0.2, 0.25) is 0 Å². The molecule has 1 saturated heterocycles. The summed E-state index contributed by atoms with van der Waals surface area (Å²) in [5.74, 6) is 0. The summed E-state index contributed by atoms with van der Waals surface area (Å²) >= 11 is 0. The van der Waals surface area contributed by atoms with E-state index < -0.39 is 0 Å². The van der Waals surface area contributed by atoms with Crippen LogP contribution in [-0.4, -0.2) is 40.7 Å². The summed E-state index contributed by atoms with van der Waals surface area (Å²) < 4.78 is 0. The first kappa shape index (κ1) is 14.7. The second kappa shape index (κ2) is 6.67. The Bertz CT molecular complexity index is 479. The molecule has 0 spiro atoms. The van der Waals surface area contributed by atoms with E-state index in [-0.39, 0.29) is 16.7 Å². The molecule has 0 bridgehead atoms. The van der Waals surface area contributed by atoms with Crippen LogP contribution in [0.1, 0.15) is 25.3 Å². The van der Waals surface area contributed by atoms with Gasteiger partial charge in [0.15, 0.2) is 0 Å². The molecule has 6 nitrogen and oxygen atoms in total. The van der Waals surface area contributed by atoms with E-state index in [4.69, 9.17) is 0 Å². The maximum atomic E-state index is 11.1. The summed E-state index contributed by atoms with van der Waals surface area (Å²) in [6.07, 6.45) is 1.40. The number of anilines is 1. The summed E-state index contributed by atoms with van der Waals surface area (Å²) in [7, 11) is 0. The standard InChI is InChI=1S/C14H21N3O3/c1-2-7-15-14-11(4-3-5-13(14)17(19)20)9-16-8-6-12(18)10-16/h3-5,12,15,18H,2,6-10H2,1H3. The Hall–Kier alpha value is -1.66. The highest BCUT2D eigenvalue weighted by Crippen LogP contribution is 2.30. The quantitative estimate of drug-likeness (QED) is 0.615. The molecule has 0 saturated carbocycles. The molecule has 1 aromatic rings. The van der Waals surface area contributed by atoms with E-state index >= 15 is 0 Å². The molecule has 0 aromatic heterocycles. The fourth-order valence-corrected chi connectivity index (χ4v) is 2.52. The molecule has 1 aliphatic rings. The topological polar surface area (TPSA) is 78.6 Å². The van der Waals surface area contributed by atoms with Gasteiger partial charge >= 0.3 is 0 Å². The highest BCUT2D eigenvalue weighted by Gasteiger charge is 2.23. The van der Waals surface area contributed by atoms with Gasteiger partial charge in [-0.1, -0.05) is 19.1 Å². The van der Waals surface area contributed by atoms with Crippen LogP contribution in [0.5, 0.6) is 0 Å². The van der Waals surface area contributed by atoms with Crippen molar-refractivity contribution in [1.29, 1.82) is 0 Å². The fraction of sp³-hybridized carbons (Fsp3) is 0.571. The molecule has 1 aliphatic heterocycles. The number of β-amino-alcohol motifs (C(OH)–C–C–N with tert-alkyl or cyclic N) is 1. The van der Waals surface area contributed by atoms with E-state index in [2.05, 4.69) is 10.2 Å². The van der Waals surface area contributed by atoms with Crippen molar-refractivity contribution in [1.82, 2.24) is 4.90 Å². The molecule has 1 atom stereocenters. The Morgan fingerprint density at radius 3 is 2.95 bits per heavy atom. The summed E-state index contributed by atoms with van der Waals surface area (Å²) in [6, 6.07) is 5.16. The molecule has 2 rings (SSSR count). The Balaban J connectivity index is 2.21. The van der Waals surface area contributed by atoms with Crippen molar-refractivity contribution in [3.05, 3.63) is 33.9 Å². The first-order valence-corrected chi connectivity index (χ1v) is 7.02. The third-order valence-electron chi connectivity index (χ3n) is 3.52. The van der Waals surface area contributed by atoms with E-state index in [9.17, 15) is 15.2 Å². The number of nitrogens with zero attached hydrogens (tertiary/aromatic N) is 2. The Labute approximate surface area is 118 Å². The highest BCUT2D eigenvalue weighted by atomic mass is 16.6. The van der Waals surface area contributed by atoms with Gasteiger partial charge in [-0.05, 0) is 18.4 Å². The number of rotatable bonds is 6. The number of aliphatic hydroxyl groups excluding tert-OH is 1. The SMILES string of the molecule is CCCNc1c(CN2CCC(O)C2)cccc1[N+](=O)[O-]. The molecule has 1 fully saturated rings. The van der Waals surface area contributed by atoms with Gasteiger partial charge in [0.05, 0.1) is 11.0 Å². The molecule has 1 heterocycles. The lowest BCUT2D eigenvalue weighted by molar-refractivity contribution is -0.384. The van der Waals surface area contributed by atoms with Gasteiger partial charge < -0.3 is 10.4 Å². The minimum atomic E-state index is -0.347. The average Bonchev–Trinajstić information content (AvgIpc) is 2.82. The van der Waals surface area contributed by atoms with E-state index in [1.165, 1.54) is 6.07 Å². The Morgan fingerprint density at radius 2 is 2.35 bits per heavy atom. The van der Waals surface area contributed by atoms with Gasteiger partial charge in [0.2, 0.25) is 0 Å². The second-order valence-electron chi connectivity index (χ2n) is 5.17. The van der Waals surface area contributed by atoms with Crippen molar-refractivity contribution < 1.29 is 10.0 Å². The number of hydrogen-bond acceptors (Lipinski definition) is 5. The molecule has 0 amide bonds. The fourth-order valence-electron chi connectivity index (χ4n) is 2.52. The van der Waals surface area contributed by atoms with Crippen LogP contribution in [0.4, 0.5) is 11.4 Å². The number of likely N-dealkylation sites (tertiary alicyclic amines) is 1. The van der Waals surface area contributed by atoms with Crippen LogP contribution in [0.3, 0.4) is 0 Å². The minimum Gasteiger partial charge on any atom is -0.392 e. The van der Waals surface area contributed by atoms with Crippen molar-refractivity contribution in [3.63, 3.8) is 0 Å². The van der Waals surface area contributed by atoms with Gasteiger partial charge in [-0.3, -0.25) is 15.0 Å². The van der Waals surface area contributed by atoms with Crippen LogP contribution < -0.4 is 5.32 Å². The lowest BCUT2D eigenvalue weighted by Crippen LogP contribution is -2.22. The van der Waals surface area contributed by atoms with Crippen molar-refractivity contribution in [2.24, 2.45) is 0 Å². The smallest absolute Gasteiger partial charge is 0.292 e. The van der Waals surface area contributed by atoms with Gasteiger partial charge in [-0.25, -0.2) is 0 Å². The molecule has 1 aromatic carbocycles. The highest BCUT2D eigenvalue weighted by molar-refractivity contribution is 5.66. The normalized spacial score (nSPS) is 19.2. The zero-order valence-corrected chi connectivity index (χ0v) is 11.7. The van der Waals surface area contributed by atoms with E-state index in [1.54, 1.807) is 6.07 Å². The molecular formula is C14H21N3O3. The van der Waals surface area contributed by atoms with Gasteiger partial charge in [0, 0.05) is 32.2 Å². The van der Waals surface area contributed by atoms with Crippen LogP contribution in [0.25, 0.3) is 0 Å². The van der Waals surface area contributed by atoms with E-state index in [1.807, 2.05) is 13.0 Å². The number of nitro benzene ring substituents is 1. The molecule has 2 N–H and O–H groups in total. The van der Waals surface area contributed by atoms with Crippen LogP contribution in [0, 0.1) is 10.1 Å². The van der Waals surface area contributed by atoms with Crippen LogP contribution >= 0.6 is 0 Å². The second-order valence-corrected chi connectivity index (χ2v) is 5.17. The molecule has 20 heavy (non-hydrogen) atoms. The largest absolute Gasteiger partial charge is 0.392 e. The Morgan fingerprint density at radius 1 is 1.55 bits per heavy atom. The maximum Gasteiger partial charge on any atom is 0.292 e. The van der Waals surface area contributed by atoms with Crippen molar-refractivity contribution in [2.45, 2.75) is 32.4 Å². The maximum absolute atomic E-state index is 11.1. The third-order valence-corrected chi connectivity index (χ3v) is 3.52. The molecule has 110 valence electrons. The molecule has 1 unspecified atom stereocenters. The number of hydrogen-bond donors (Lipinski definition) is 2. The van der Waals surface area contributed by atoms with Gasteiger partial charge in [-0.2, -0.15) is 0 Å². The van der Waals surface area contributed by atoms with E-state index in [0.29, 0.717) is 25.3 Å². The Kier molecular flexibility index (Phi) is 4.92. The lowest BCUT2D eigenvalue weighted by Gasteiger charge is -2.18. The predicted octanol–water partition coefficient (Wildman–Crippen LogP) is 1.98. The molecular weight excluding hydrogens is 258 g/mol. The van der Waals surface area contributed by atoms with Crippen molar-refractivity contribution in [2.75, 3.05) is 25.0 Å². The summed E-state index contributed by atoms with van der Waals surface area (Å²) in [6.45, 7) is 4.83. The first-order valence-electron chi connectivity index (χ1n) is 7.02. The lowest BCUT2D eigenvalue weighted by atomic mass is 10.1. The summed E-state index contributed by atoms with van der Waals surface area (Å²) in [5.41, 5.74) is 1.65. The first-order chi connectivity index (χ1) is 9.61. The van der Waals surface area contributed by atoms with Crippen LogP contribution in [0.15, 0.2) is 18.2 Å². The van der Waals surface area contributed by atoms with Crippen molar-refractivity contribution >= 4 is 11.4 Å². The molecule has 6 heteroatoms. The zero-order valence-electron chi connectivity index (χ0n) is 11.7. The number of para-hydroxylation sites is 1. The number of aliphatic hydroxyl groups is 1. The summed E-state index contributed by atoms with van der Waals surface area (Å²) in [4.78, 5) is 12.9. The molecule has 0 radical (unpaired) electrons. The van der Waals surface area contributed by atoms with Crippen molar-refractivity contribution in [3.8, 4) is 0 Å². The zero-order chi connectivity index (χ0) is 14.5. The predicted molar refractivity (Wildman–Crippen MR) is 77.8 cm³/mol. The average molecular weight is 279 g/mol. The number of nitrogens with one attached hydrogen (secondary N) is 1. The van der Waals surface area contributed by atoms with Gasteiger partial charge in [0.1, 0.15) is 5.69 Å². The summed E-state index contributed by atoms with van der Waals surface area (Å²) in [5, 5.41) is 23.9. The van der Waals surface area contributed by atoms with Gasteiger partial charge in [0.25, 0.3) is 5.69 Å². The van der Waals surface area contributed by atoms with Crippen LogP contribution in [-0.2, 0) is 6.54 Å². The molecule has 0 aliphatic carbocycles. The minimum absolute atomic E-state index is 0.121. The number of nitro groups is 1. The number of benzene rings is 1. The van der Waals surface area contributed by atoms with Gasteiger partial charge in [-0.15, -0.1) is 0 Å². The van der Waals surface area contributed by atoms with E-state index in [0.717, 1.165) is 24.9 Å².